The van der Waals surface area contributed by atoms with Crippen molar-refractivity contribution < 1.29 is 18.3 Å². The third kappa shape index (κ3) is 3.80. The zero-order valence-electron chi connectivity index (χ0n) is 12.1. The largest absolute Gasteiger partial charge is 0.478 e. The highest BCUT2D eigenvalue weighted by Gasteiger charge is 2.23. The first kappa shape index (κ1) is 16.7. The Morgan fingerprint density at radius 1 is 1.30 bits per heavy atom. The van der Waals surface area contributed by atoms with Gasteiger partial charge in [-0.15, -0.1) is 0 Å². The summed E-state index contributed by atoms with van der Waals surface area (Å²) in [5.41, 5.74) is 0.536. The fourth-order valence-electron chi connectivity index (χ4n) is 1.88. The highest BCUT2D eigenvalue weighted by Crippen LogP contribution is 2.21. The molecule has 0 spiro atoms. The molecule has 20 heavy (non-hydrogen) atoms. The lowest BCUT2D eigenvalue weighted by molar-refractivity contribution is 0.0696. The van der Waals surface area contributed by atoms with Crippen LogP contribution in [-0.4, -0.2) is 37.4 Å². The number of sulfonamides is 1. The van der Waals surface area contributed by atoms with E-state index < -0.39 is 16.0 Å². The first-order valence-electron chi connectivity index (χ1n) is 6.61. The van der Waals surface area contributed by atoms with Crippen molar-refractivity contribution in [1.82, 2.24) is 4.31 Å². The third-order valence-corrected chi connectivity index (χ3v) is 5.20. The van der Waals surface area contributed by atoms with E-state index in [4.69, 9.17) is 5.11 Å². The Bertz CT molecular complexity index is 581. The van der Waals surface area contributed by atoms with E-state index in [9.17, 15) is 13.2 Å². The van der Waals surface area contributed by atoms with Crippen molar-refractivity contribution in [3.8, 4) is 0 Å². The van der Waals surface area contributed by atoms with Crippen LogP contribution in [0, 0.1) is 6.92 Å². The van der Waals surface area contributed by atoms with Gasteiger partial charge in [0, 0.05) is 13.6 Å². The van der Waals surface area contributed by atoms with Crippen LogP contribution in [0.4, 0.5) is 0 Å². The van der Waals surface area contributed by atoms with E-state index in [1.165, 1.54) is 29.6 Å². The molecule has 1 rings (SSSR count). The van der Waals surface area contributed by atoms with Crippen LogP contribution in [0.5, 0.6) is 0 Å². The van der Waals surface area contributed by atoms with Crippen molar-refractivity contribution in [3.63, 3.8) is 0 Å². The summed E-state index contributed by atoms with van der Waals surface area (Å²) >= 11 is 0. The van der Waals surface area contributed by atoms with Crippen molar-refractivity contribution in [2.24, 2.45) is 0 Å². The second-order valence-electron chi connectivity index (χ2n) is 4.82. The smallest absolute Gasteiger partial charge is 0.335 e. The lowest BCUT2D eigenvalue weighted by atomic mass is 10.1. The Morgan fingerprint density at radius 3 is 2.50 bits per heavy atom. The van der Waals surface area contributed by atoms with Gasteiger partial charge < -0.3 is 5.11 Å². The normalized spacial score (nSPS) is 11.8. The maximum atomic E-state index is 12.5. The number of rotatable bonds is 7. The van der Waals surface area contributed by atoms with Crippen LogP contribution >= 0.6 is 0 Å². The molecule has 6 heteroatoms. The van der Waals surface area contributed by atoms with E-state index in [1.807, 2.05) is 0 Å². The molecule has 0 unspecified atom stereocenters. The van der Waals surface area contributed by atoms with Crippen LogP contribution in [-0.2, 0) is 10.0 Å². The van der Waals surface area contributed by atoms with Crippen LogP contribution in [0.1, 0.15) is 42.1 Å². The number of carbonyl (C=O) groups is 1. The molecule has 0 aliphatic rings. The molecule has 1 N–H and O–H groups in total. The van der Waals surface area contributed by atoms with Crippen LogP contribution in [0.15, 0.2) is 23.1 Å². The quantitative estimate of drug-likeness (QED) is 0.785. The molecule has 0 aliphatic carbocycles. The molecular weight excluding hydrogens is 278 g/mol. The molecule has 5 nitrogen and oxygen atoms in total. The molecule has 1 aromatic rings. The molecule has 0 heterocycles. The van der Waals surface area contributed by atoms with Crippen molar-refractivity contribution in [1.29, 1.82) is 0 Å². The average Bonchev–Trinajstić information content (AvgIpc) is 2.38. The Hall–Kier alpha value is -1.40. The van der Waals surface area contributed by atoms with Gasteiger partial charge in [-0.3, -0.25) is 0 Å². The number of carboxylic acids is 1. The van der Waals surface area contributed by atoms with Gasteiger partial charge in [0.25, 0.3) is 0 Å². The molecule has 0 bridgehead atoms. The highest BCUT2D eigenvalue weighted by molar-refractivity contribution is 7.89. The van der Waals surface area contributed by atoms with E-state index in [0.717, 1.165) is 19.3 Å². The summed E-state index contributed by atoms with van der Waals surface area (Å²) in [4.78, 5) is 11.0. The fraction of sp³-hybridized carbons (Fsp3) is 0.500. The summed E-state index contributed by atoms with van der Waals surface area (Å²) in [7, 11) is -2.11. The number of aromatic carboxylic acids is 1. The number of carboxylic acid groups (broad SMARTS) is 1. The molecule has 0 saturated heterocycles. The Labute approximate surface area is 120 Å². The molecule has 0 saturated carbocycles. The van der Waals surface area contributed by atoms with E-state index >= 15 is 0 Å². The molecule has 112 valence electrons. The van der Waals surface area contributed by atoms with E-state index in [-0.39, 0.29) is 10.5 Å². The second kappa shape index (κ2) is 6.85. The van der Waals surface area contributed by atoms with Gasteiger partial charge >= 0.3 is 5.97 Å². The fourth-order valence-corrected chi connectivity index (χ4v) is 3.34. The molecule has 0 amide bonds. The first-order chi connectivity index (χ1) is 9.30. The average molecular weight is 299 g/mol. The summed E-state index contributed by atoms with van der Waals surface area (Å²) in [6, 6.07) is 4.16. The minimum Gasteiger partial charge on any atom is -0.478 e. The number of aryl methyl sites for hydroxylation is 1. The van der Waals surface area contributed by atoms with Gasteiger partial charge in [-0.2, -0.15) is 0 Å². The van der Waals surface area contributed by atoms with E-state index in [1.54, 1.807) is 6.92 Å². The van der Waals surface area contributed by atoms with Crippen molar-refractivity contribution in [2.45, 2.75) is 38.0 Å². The van der Waals surface area contributed by atoms with Gasteiger partial charge in [0.15, 0.2) is 0 Å². The number of benzene rings is 1. The SMILES string of the molecule is CCCCCN(C)S(=O)(=O)c1cc(C(=O)O)ccc1C. The summed E-state index contributed by atoms with van der Waals surface area (Å²) in [6.45, 7) is 4.15. The first-order valence-corrected chi connectivity index (χ1v) is 8.05. The van der Waals surface area contributed by atoms with Gasteiger partial charge in [-0.25, -0.2) is 17.5 Å². The van der Waals surface area contributed by atoms with Crippen LogP contribution in [0.2, 0.25) is 0 Å². The molecular formula is C14H21NO4S. The summed E-state index contributed by atoms with van der Waals surface area (Å²) < 4.78 is 26.2. The highest BCUT2D eigenvalue weighted by atomic mass is 32.2. The van der Waals surface area contributed by atoms with E-state index in [2.05, 4.69) is 6.92 Å². The monoisotopic (exact) mass is 299 g/mol. The summed E-state index contributed by atoms with van der Waals surface area (Å²) in [5, 5.41) is 8.97. The van der Waals surface area contributed by atoms with Crippen molar-refractivity contribution >= 4 is 16.0 Å². The molecule has 0 aromatic heterocycles. The Kier molecular flexibility index (Phi) is 5.71. The predicted octanol–water partition coefficient (Wildman–Crippen LogP) is 2.50. The molecule has 0 atom stereocenters. The van der Waals surface area contributed by atoms with Crippen LogP contribution in [0.25, 0.3) is 0 Å². The molecule has 0 fully saturated rings. The van der Waals surface area contributed by atoms with Gasteiger partial charge in [-0.1, -0.05) is 25.8 Å². The number of hydrogen-bond donors (Lipinski definition) is 1. The van der Waals surface area contributed by atoms with Crippen LogP contribution in [0.3, 0.4) is 0 Å². The summed E-state index contributed by atoms with van der Waals surface area (Å²) in [5.74, 6) is -1.13. The van der Waals surface area contributed by atoms with Crippen LogP contribution < -0.4 is 0 Å². The Morgan fingerprint density at radius 2 is 1.95 bits per heavy atom. The van der Waals surface area contributed by atoms with Gasteiger partial charge in [0.05, 0.1) is 10.5 Å². The second-order valence-corrected chi connectivity index (χ2v) is 6.83. The van der Waals surface area contributed by atoms with Gasteiger partial charge in [0.2, 0.25) is 10.0 Å². The molecule has 0 aliphatic heterocycles. The van der Waals surface area contributed by atoms with E-state index in [0.29, 0.717) is 12.1 Å². The standard InChI is InChI=1S/C14H21NO4S/c1-4-5-6-9-15(3)20(18,19)13-10-12(14(16)17)8-7-11(13)2/h7-8,10H,4-6,9H2,1-3H3,(H,16,17). The minimum atomic E-state index is -3.64. The zero-order valence-corrected chi connectivity index (χ0v) is 12.9. The predicted molar refractivity (Wildman–Crippen MR) is 77.5 cm³/mol. The molecule has 0 radical (unpaired) electrons. The lowest BCUT2D eigenvalue weighted by Gasteiger charge is -2.18. The van der Waals surface area contributed by atoms with Crippen molar-refractivity contribution in [2.75, 3.05) is 13.6 Å². The topological polar surface area (TPSA) is 74.7 Å². The summed E-state index contributed by atoms with van der Waals surface area (Å²) in [6.07, 6.45) is 2.78. The zero-order chi connectivity index (χ0) is 15.3. The van der Waals surface area contributed by atoms with Gasteiger partial charge in [0.1, 0.15) is 0 Å². The number of nitrogens with zero attached hydrogens (tertiary/aromatic N) is 1. The minimum absolute atomic E-state index is 0.0175. The third-order valence-electron chi connectivity index (χ3n) is 3.20. The van der Waals surface area contributed by atoms with Gasteiger partial charge in [-0.05, 0) is 31.0 Å². The molecule has 1 aromatic carbocycles. The maximum absolute atomic E-state index is 12.5. The number of hydrogen-bond acceptors (Lipinski definition) is 3. The van der Waals surface area contributed by atoms with Crippen molar-refractivity contribution in [3.05, 3.63) is 29.3 Å². The maximum Gasteiger partial charge on any atom is 0.335 e. The number of unbranched alkanes of at least 4 members (excludes halogenated alkanes) is 2. The Balaban J connectivity index is 3.08. The lowest BCUT2D eigenvalue weighted by Crippen LogP contribution is -2.28.